The number of Topliss-reactive ketones (excluding diaryl/α,β-unsaturated/α-hetero) is 1. The van der Waals surface area contributed by atoms with Crippen LogP contribution in [0.1, 0.15) is 15.9 Å². The zero-order valence-electron chi connectivity index (χ0n) is 11.6. The van der Waals surface area contributed by atoms with Gasteiger partial charge in [-0.3, -0.25) is 4.79 Å². The van der Waals surface area contributed by atoms with Crippen LogP contribution < -0.4 is 0 Å². The van der Waals surface area contributed by atoms with Crippen LogP contribution in [0.3, 0.4) is 0 Å². The zero-order valence-corrected chi connectivity index (χ0v) is 12.4. The normalized spacial score (nSPS) is 15.5. The standard InChI is InChI=1S/C19H12O2S/c20-16-10-9-12-5-1-2-6-13(12)15(16)11-18-19(21)14-7-3-4-8-17(14)22-18/h1-11,20H/b18-11+. The van der Waals surface area contributed by atoms with Crippen LogP contribution in [-0.4, -0.2) is 10.9 Å². The van der Waals surface area contributed by atoms with E-state index in [1.54, 1.807) is 12.1 Å². The fourth-order valence-electron chi connectivity index (χ4n) is 2.70. The summed E-state index contributed by atoms with van der Waals surface area (Å²) < 4.78 is 0. The Morgan fingerprint density at radius 1 is 0.909 bits per heavy atom. The van der Waals surface area contributed by atoms with Crippen LogP contribution in [-0.2, 0) is 0 Å². The molecule has 0 amide bonds. The van der Waals surface area contributed by atoms with Crippen molar-refractivity contribution in [3.63, 3.8) is 0 Å². The molecule has 0 fully saturated rings. The number of benzene rings is 3. The highest BCUT2D eigenvalue weighted by molar-refractivity contribution is 8.04. The van der Waals surface area contributed by atoms with Crippen LogP contribution in [0.15, 0.2) is 70.5 Å². The van der Waals surface area contributed by atoms with E-state index in [9.17, 15) is 9.90 Å². The number of phenolic OH excluding ortho intramolecular Hbond substituents is 1. The predicted molar refractivity (Wildman–Crippen MR) is 90.2 cm³/mol. The van der Waals surface area contributed by atoms with Crippen LogP contribution in [0.25, 0.3) is 16.8 Å². The van der Waals surface area contributed by atoms with Crippen molar-refractivity contribution in [1.29, 1.82) is 0 Å². The third-order valence-electron chi connectivity index (χ3n) is 3.80. The molecule has 0 spiro atoms. The third-order valence-corrected chi connectivity index (χ3v) is 4.90. The molecule has 1 heterocycles. The highest BCUT2D eigenvalue weighted by Crippen LogP contribution is 2.42. The van der Waals surface area contributed by atoms with E-state index in [2.05, 4.69) is 0 Å². The molecule has 0 atom stereocenters. The maximum Gasteiger partial charge on any atom is 0.200 e. The highest BCUT2D eigenvalue weighted by Gasteiger charge is 2.25. The number of hydrogen-bond acceptors (Lipinski definition) is 3. The number of allylic oxidation sites excluding steroid dienone is 1. The Morgan fingerprint density at radius 3 is 2.55 bits per heavy atom. The van der Waals surface area contributed by atoms with Gasteiger partial charge in [-0.05, 0) is 35.0 Å². The summed E-state index contributed by atoms with van der Waals surface area (Å²) in [7, 11) is 0. The second-order valence-corrected chi connectivity index (χ2v) is 6.24. The van der Waals surface area contributed by atoms with Crippen molar-refractivity contribution in [2.45, 2.75) is 4.90 Å². The van der Waals surface area contributed by atoms with Gasteiger partial charge in [-0.15, -0.1) is 0 Å². The molecule has 0 saturated carbocycles. The van der Waals surface area contributed by atoms with Crippen LogP contribution in [0.5, 0.6) is 5.75 Å². The van der Waals surface area contributed by atoms with Crippen LogP contribution in [0.4, 0.5) is 0 Å². The van der Waals surface area contributed by atoms with Crippen LogP contribution in [0.2, 0.25) is 0 Å². The van der Waals surface area contributed by atoms with E-state index in [0.717, 1.165) is 21.2 Å². The number of thioether (sulfide) groups is 1. The van der Waals surface area contributed by atoms with E-state index in [0.29, 0.717) is 10.5 Å². The fraction of sp³-hybridized carbons (Fsp3) is 0. The van der Waals surface area contributed by atoms with Gasteiger partial charge >= 0.3 is 0 Å². The number of carbonyl (C=O) groups excluding carboxylic acids is 1. The van der Waals surface area contributed by atoms with E-state index < -0.39 is 0 Å². The predicted octanol–water partition coefficient (Wildman–Crippen LogP) is 4.87. The summed E-state index contributed by atoms with van der Waals surface area (Å²) in [6.07, 6.45) is 1.80. The first-order chi connectivity index (χ1) is 10.7. The van der Waals surface area contributed by atoms with Gasteiger partial charge in [-0.25, -0.2) is 0 Å². The fourth-order valence-corrected chi connectivity index (χ4v) is 3.74. The van der Waals surface area contributed by atoms with Crippen molar-refractivity contribution >= 4 is 34.4 Å². The Balaban J connectivity index is 1.89. The van der Waals surface area contributed by atoms with Crippen molar-refractivity contribution in [3.8, 4) is 5.75 Å². The van der Waals surface area contributed by atoms with Gasteiger partial charge in [-0.2, -0.15) is 0 Å². The van der Waals surface area contributed by atoms with Gasteiger partial charge in [0.1, 0.15) is 5.75 Å². The molecule has 22 heavy (non-hydrogen) atoms. The minimum atomic E-state index is 0.0212. The van der Waals surface area contributed by atoms with Gasteiger partial charge in [0.15, 0.2) is 0 Å². The van der Waals surface area contributed by atoms with Gasteiger partial charge in [0.05, 0.1) is 4.91 Å². The quantitative estimate of drug-likeness (QED) is 0.651. The monoisotopic (exact) mass is 304 g/mol. The van der Waals surface area contributed by atoms with Gasteiger partial charge in [0.25, 0.3) is 0 Å². The summed E-state index contributed by atoms with van der Waals surface area (Å²) >= 11 is 1.46. The summed E-state index contributed by atoms with van der Waals surface area (Å²) in [6, 6.07) is 19.0. The minimum Gasteiger partial charge on any atom is -0.507 e. The number of phenols is 1. The summed E-state index contributed by atoms with van der Waals surface area (Å²) in [5.41, 5.74) is 1.43. The molecule has 2 nitrogen and oxygen atoms in total. The lowest BCUT2D eigenvalue weighted by atomic mass is 10.0. The molecule has 3 heteroatoms. The first kappa shape index (κ1) is 13.2. The molecule has 1 aliphatic heterocycles. The second kappa shape index (κ2) is 5.04. The summed E-state index contributed by atoms with van der Waals surface area (Å²) in [4.78, 5) is 14.1. The van der Waals surface area contributed by atoms with Crippen molar-refractivity contribution in [2.75, 3.05) is 0 Å². The summed E-state index contributed by atoms with van der Waals surface area (Å²) in [6.45, 7) is 0. The van der Waals surface area contributed by atoms with Crippen LogP contribution in [0, 0.1) is 0 Å². The average Bonchev–Trinajstić information content (AvgIpc) is 2.87. The average molecular weight is 304 g/mol. The van der Waals surface area contributed by atoms with Crippen molar-refractivity contribution in [2.24, 2.45) is 0 Å². The largest absolute Gasteiger partial charge is 0.507 e. The Kier molecular flexibility index (Phi) is 3.01. The van der Waals surface area contributed by atoms with Crippen LogP contribution >= 0.6 is 11.8 Å². The lowest BCUT2D eigenvalue weighted by Crippen LogP contribution is -1.93. The van der Waals surface area contributed by atoms with E-state index in [1.807, 2.05) is 54.6 Å². The SMILES string of the molecule is O=C1/C(=C\c2c(O)ccc3ccccc23)Sc2ccccc21. The van der Waals surface area contributed by atoms with E-state index in [1.165, 1.54) is 11.8 Å². The molecule has 106 valence electrons. The number of carbonyl (C=O) groups is 1. The lowest BCUT2D eigenvalue weighted by Gasteiger charge is -2.06. The van der Waals surface area contributed by atoms with Gasteiger partial charge in [0.2, 0.25) is 5.78 Å². The van der Waals surface area contributed by atoms with Crippen molar-refractivity contribution in [1.82, 2.24) is 0 Å². The first-order valence-corrected chi connectivity index (χ1v) is 7.80. The van der Waals surface area contributed by atoms with E-state index >= 15 is 0 Å². The molecule has 0 aromatic heterocycles. The molecule has 0 aliphatic carbocycles. The van der Waals surface area contributed by atoms with E-state index in [4.69, 9.17) is 0 Å². The Labute approximate surface area is 132 Å². The molecule has 0 bridgehead atoms. The van der Waals surface area contributed by atoms with Gasteiger partial charge in [0, 0.05) is 16.0 Å². The molecule has 0 unspecified atom stereocenters. The molecule has 1 aliphatic rings. The topological polar surface area (TPSA) is 37.3 Å². The molecule has 4 rings (SSSR count). The summed E-state index contributed by atoms with van der Waals surface area (Å²) in [5.74, 6) is 0.212. The number of rotatable bonds is 1. The highest BCUT2D eigenvalue weighted by atomic mass is 32.2. The summed E-state index contributed by atoms with van der Waals surface area (Å²) in [5, 5.41) is 12.2. The maximum absolute atomic E-state index is 12.5. The molecular weight excluding hydrogens is 292 g/mol. The molecule has 3 aromatic rings. The molecule has 3 aromatic carbocycles. The molecule has 0 radical (unpaired) electrons. The second-order valence-electron chi connectivity index (χ2n) is 5.16. The zero-order chi connectivity index (χ0) is 15.1. The number of aromatic hydroxyl groups is 1. The number of fused-ring (bicyclic) bond motifs is 2. The molecule has 0 saturated heterocycles. The first-order valence-electron chi connectivity index (χ1n) is 6.98. The lowest BCUT2D eigenvalue weighted by molar-refractivity contribution is 0.104. The van der Waals surface area contributed by atoms with Gasteiger partial charge < -0.3 is 5.11 Å². The van der Waals surface area contributed by atoms with Crippen molar-refractivity contribution < 1.29 is 9.90 Å². The maximum atomic E-state index is 12.5. The van der Waals surface area contributed by atoms with Gasteiger partial charge in [-0.1, -0.05) is 54.2 Å². The van der Waals surface area contributed by atoms with Crippen molar-refractivity contribution in [3.05, 3.63) is 76.7 Å². The number of hydrogen-bond donors (Lipinski definition) is 1. The Hall–Kier alpha value is -2.52. The minimum absolute atomic E-state index is 0.0212. The van der Waals surface area contributed by atoms with E-state index in [-0.39, 0.29) is 11.5 Å². The Bertz CT molecular complexity index is 941. The molecule has 1 N–H and O–H groups in total. The molecular formula is C19H12O2S. The third kappa shape index (κ3) is 2.02. The Morgan fingerprint density at radius 2 is 1.68 bits per heavy atom. The smallest absolute Gasteiger partial charge is 0.200 e. The number of ketones is 1.